The third-order valence-corrected chi connectivity index (χ3v) is 5.63. The van der Waals surface area contributed by atoms with Crippen molar-refractivity contribution in [3.05, 3.63) is 0 Å². The average Bonchev–Trinajstić information content (AvgIpc) is 2.67. The van der Waals surface area contributed by atoms with Gasteiger partial charge in [-0.3, -0.25) is 14.4 Å². The van der Waals surface area contributed by atoms with Crippen molar-refractivity contribution in [2.45, 2.75) is 105 Å². The molecule has 3 amide bonds. The molecule has 1 aliphatic rings. The van der Waals surface area contributed by atoms with Crippen molar-refractivity contribution in [3.63, 3.8) is 0 Å². The first-order chi connectivity index (χ1) is 14.5. The maximum atomic E-state index is 13.0. The smallest absolute Gasteiger partial charge is 0.328 e. The van der Waals surface area contributed by atoms with Gasteiger partial charge in [0.05, 0.1) is 6.42 Å². The fraction of sp³-hybridized carbons (Fsp3) is 0.826. The van der Waals surface area contributed by atoms with Crippen LogP contribution in [0.5, 0.6) is 0 Å². The zero-order chi connectivity index (χ0) is 23.7. The SMILES string of the molecule is CCCC[C@H](C)[C@@H]1CC(=O)N[C@@H](C(C)C)C(=O)N[C@@H](C)C(=O)NC(CC(C)C)C(=O)O1. The van der Waals surface area contributed by atoms with Crippen molar-refractivity contribution in [1.82, 2.24) is 16.0 Å². The number of hydrogen-bond donors (Lipinski definition) is 3. The van der Waals surface area contributed by atoms with Crippen LogP contribution < -0.4 is 16.0 Å². The summed E-state index contributed by atoms with van der Waals surface area (Å²) in [6.07, 6.45) is 2.52. The zero-order valence-corrected chi connectivity index (χ0v) is 20.1. The van der Waals surface area contributed by atoms with Crippen LogP contribution in [-0.4, -0.2) is 47.9 Å². The topological polar surface area (TPSA) is 114 Å². The van der Waals surface area contributed by atoms with Gasteiger partial charge in [-0.2, -0.15) is 0 Å². The highest BCUT2D eigenvalue weighted by Gasteiger charge is 2.34. The number of ether oxygens (including phenoxy) is 1. The van der Waals surface area contributed by atoms with E-state index >= 15 is 0 Å². The zero-order valence-electron chi connectivity index (χ0n) is 20.1. The number of unbranched alkanes of at least 4 members (excludes halogenated alkanes) is 1. The summed E-state index contributed by atoms with van der Waals surface area (Å²) >= 11 is 0. The monoisotopic (exact) mass is 439 g/mol. The molecular formula is C23H41N3O5. The van der Waals surface area contributed by atoms with Crippen molar-refractivity contribution in [2.24, 2.45) is 17.8 Å². The molecule has 3 N–H and O–H groups in total. The predicted molar refractivity (Wildman–Crippen MR) is 119 cm³/mol. The highest BCUT2D eigenvalue weighted by Crippen LogP contribution is 2.20. The molecule has 31 heavy (non-hydrogen) atoms. The van der Waals surface area contributed by atoms with Gasteiger partial charge in [0.15, 0.2) is 0 Å². The van der Waals surface area contributed by atoms with Crippen LogP contribution in [0, 0.1) is 17.8 Å². The fourth-order valence-electron chi connectivity index (χ4n) is 3.60. The molecule has 0 spiro atoms. The van der Waals surface area contributed by atoms with Crippen LogP contribution in [0.25, 0.3) is 0 Å². The van der Waals surface area contributed by atoms with E-state index in [2.05, 4.69) is 22.9 Å². The van der Waals surface area contributed by atoms with Crippen molar-refractivity contribution < 1.29 is 23.9 Å². The van der Waals surface area contributed by atoms with Gasteiger partial charge in [0, 0.05) is 0 Å². The van der Waals surface area contributed by atoms with E-state index in [1.165, 1.54) is 0 Å². The van der Waals surface area contributed by atoms with Gasteiger partial charge in [0.1, 0.15) is 24.2 Å². The number of nitrogens with one attached hydrogen (secondary N) is 3. The number of carbonyl (C=O) groups is 4. The molecule has 8 heteroatoms. The first-order valence-electron chi connectivity index (χ1n) is 11.6. The molecule has 0 aromatic carbocycles. The molecule has 178 valence electrons. The maximum absolute atomic E-state index is 13.0. The maximum Gasteiger partial charge on any atom is 0.328 e. The van der Waals surface area contributed by atoms with Crippen molar-refractivity contribution in [1.29, 1.82) is 0 Å². The molecule has 0 saturated carbocycles. The van der Waals surface area contributed by atoms with E-state index in [0.717, 1.165) is 19.3 Å². The van der Waals surface area contributed by atoms with E-state index in [0.29, 0.717) is 6.42 Å². The lowest BCUT2D eigenvalue weighted by Crippen LogP contribution is -2.55. The standard InChI is InChI=1S/C23H41N3O5/c1-8-9-10-15(6)18-12-19(27)26-20(14(4)5)22(29)24-16(7)21(28)25-17(11-13(2)3)23(30)31-18/h13-18,20H,8-12H2,1-7H3,(H,24,29)(H,25,28)(H,26,27)/t15-,16-,17?,18-,20-/m0/s1. The summed E-state index contributed by atoms with van der Waals surface area (Å²) < 4.78 is 5.79. The summed E-state index contributed by atoms with van der Waals surface area (Å²) in [4.78, 5) is 51.2. The molecule has 1 fully saturated rings. The van der Waals surface area contributed by atoms with E-state index in [9.17, 15) is 19.2 Å². The lowest BCUT2D eigenvalue weighted by molar-refractivity contribution is -0.157. The van der Waals surface area contributed by atoms with E-state index in [-0.39, 0.29) is 30.1 Å². The van der Waals surface area contributed by atoms with Crippen molar-refractivity contribution in [3.8, 4) is 0 Å². The minimum Gasteiger partial charge on any atom is -0.460 e. The Kier molecular flexibility index (Phi) is 11.0. The lowest BCUT2D eigenvalue weighted by Gasteiger charge is -2.27. The first kappa shape index (κ1) is 26.9. The highest BCUT2D eigenvalue weighted by molar-refractivity contribution is 5.93. The minimum absolute atomic E-state index is 0.0228. The second-order valence-corrected chi connectivity index (χ2v) is 9.51. The van der Waals surface area contributed by atoms with E-state index in [1.54, 1.807) is 6.92 Å². The number of amides is 3. The Morgan fingerprint density at radius 3 is 2.16 bits per heavy atom. The van der Waals surface area contributed by atoms with Gasteiger partial charge in [0.2, 0.25) is 17.7 Å². The molecule has 1 heterocycles. The summed E-state index contributed by atoms with van der Waals surface area (Å²) in [6.45, 7) is 13.2. The molecule has 1 unspecified atom stereocenters. The van der Waals surface area contributed by atoms with Gasteiger partial charge in [-0.1, -0.05) is 54.4 Å². The number of rotatable bonds is 7. The molecule has 8 nitrogen and oxygen atoms in total. The van der Waals surface area contributed by atoms with Crippen LogP contribution in [0.2, 0.25) is 0 Å². The Morgan fingerprint density at radius 1 is 0.968 bits per heavy atom. The van der Waals surface area contributed by atoms with Crippen molar-refractivity contribution >= 4 is 23.7 Å². The van der Waals surface area contributed by atoms with Crippen LogP contribution >= 0.6 is 0 Å². The van der Waals surface area contributed by atoms with Crippen LogP contribution in [0.3, 0.4) is 0 Å². The second kappa shape index (κ2) is 12.7. The molecular weight excluding hydrogens is 398 g/mol. The summed E-state index contributed by atoms with van der Waals surface area (Å²) in [5.41, 5.74) is 0. The predicted octanol–water partition coefficient (Wildman–Crippen LogP) is 2.30. The quantitative estimate of drug-likeness (QED) is 0.527. The Hall–Kier alpha value is -2.12. The lowest BCUT2D eigenvalue weighted by atomic mass is 9.94. The molecule has 1 saturated heterocycles. The largest absolute Gasteiger partial charge is 0.460 e. The van der Waals surface area contributed by atoms with E-state index in [1.807, 2.05) is 34.6 Å². The van der Waals surface area contributed by atoms with E-state index in [4.69, 9.17) is 4.74 Å². The van der Waals surface area contributed by atoms with Gasteiger partial charge < -0.3 is 20.7 Å². The van der Waals surface area contributed by atoms with Gasteiger partial charge >= 0.3 is 5.97 Å². The Bertz CT molecular complexity index is 635. The fourth-order valence-corrected chi connectivity index (χ4v) is 3.60. The molecule has 0 bridgehead atoms. The second-order valence-electron chi connectivity index (χ2n) is 9.51. The van der Waals surface area contributed by atoms with Gasteiger partial charge in [0.25, 0.3) is 0 Å². The van der Waals surface area contributed by atoms with Crippen molar-refractivity contribution in [2.75, 3.05) is 0 Å². The molecule has 0 radical (unpaired) electrons. The molecule has 1 rings (SSSR count). The molecule has 0 aromatic rings. The normalized spacial score (nSPS) is 27.4. The van der Waals surface area contributed by atoms with Crippen LogP contribution in [0.15, 0.2) is 0 Å². The highest BCUT2D eigenvalue weighted by atomic mass is 16.5. The number of esters is 1. The third-order valence-electron chi connectivity index (χ3n) is 5.63. The number of carbonyl (C=O) groups excluding carboxylic acids is 4. The minimum atomic E-state index is -0.854. The van der Waals surface area contributed by atoms with Crippen LogP contribution in [-0.2, 0) is 23.9 Å². The number of hydrogen-bond acceptors (Lipinski definition) is 5. The summed E-state index contributed by atoms with van der Waals surface area (Å²) in [6, 6.07) is -2.47. The Morgan fingerprint density at radius 2 is 1.61 bits per heavy atom. The summed E-state index contributed by atoms with van der Waals surface area (Å²) in [7, 11) is 0. The third kappa shape index (κ3) is 8.87. The first-order valence-corrected chi connectivity index (χ1v) is 11.6. The van der Waals surface area contributed by atoms with E-state index < -0.39 is 42.0 Å². The number of cyclic esters (lactones) is 1. The summed E-state index contributed by atoms with van der Waals surface area (Å²) in [5, 5.41) is 8.15. The van der Waals surface area contributed by atoms with Crippen LogP contribution in [0.1, 0.15) is 80.6 Å². The Labute approximate surface area is 186 Å². The van der Waals surface area contributed by atoms with Crippen LogP contribution in [0.4, 0.5) is 0 Å². The van der Waals surface area contributed by atoms with Gasteiger partial charge in [-0.05, 0) is 37.5 Å². The Balaban J connectivity index is 3.25. The molecule has 0 aromatic heterocycles. The molecule has 1 aliphatic heterocycles. The van der Waals surface area contributed by atoms with Gasteiger partial charge in [-0.15, -0.1) is 0 Å². The average molecular weight is 440 g/mol. The van der Waals surface area contributed by atoms with Gasteiger partial charge in [-0.25, -0.2) is 4.79 Å². The molecule has 0 aliphatic carbocycles. The summed E-state index contributed by atoms with van der Waals surface area (Å²) in [5.74, 6) is -1.82. The molecule has 5 atom stereocenters.